The number of aromatic nitrogens is 2. The highest BCUT2D eigenvalue weighted by Gasteiger charge is 2.23. The van der Waals surface area contributed by atoms with Gasteiger partial charge in [-0.05, 0) is 49.6 Å². The first kappa shape index (κ1) is 15.1. The van der Waals surface area contributed by atoms with Crippen molar-refractivity contribution in [2.45, 2.75) is 19.9 Å². The average Bonchev–Trinajstić information content (AvgIpc) is 3.20. The lowest BCUT2D eigenvalue weighted by Crippen LogP contribution is -2.23. The smallest absolute Gasteiger partial charge is 0.209 e. The van der Waals surface area contributed by atoms with Crippen LogP contribution < -0.4 is 5.32 Å². The Bertz CT molecular complexity index is 779. The molecule has 3 heterocycles. The maximum Gasteiger partial charge on any atom is 0.209 e. The Labute approximate surface area is 141 Å². The van der Waals surface area contributed by atoms with Crippen LogP contribution in [-0.2, 0) is 6.54 Å². The van der Waals surface area contributed by atoms with Crippen LogP contribution in [0, 0.1) is 12.8 Å². The molecular formula is C19H22N4O. The molecule has 1 saturated heterocycles. The van der Waals surface area contributed by atoms with E-state index in [-0.39, 0.29) is 0 Å². The van der Waals surface area contributed by atoms with E-state index in [1.165, 1.54) is 12.0 Å². The minimum absolute atomic E-state index is 0.637. The van der Waals surface area contributed by atoms with Crippen molar-refractivity contribution in [3.05, 3.63) is 54.0 Å². The summed E-state index contributed by atoms with van der Waals surface area (Å²) in [6.45, 7) is 5.95. The van der Waals surface area contributed by atoms with E-state index in [0.29, 0.717) is 5.92 Å². The van der Waals surface area contributed by atoms with Gasteiger partial charge in [-0.3, -0.25) is 4.90 Å². The van der Waals surface area contributed by atoms with E-state index >= 15 is 0 Å². The number of fused-ring (bicyclic) bond motifs is 1. The lowest BCUT2D eigenvalue weighted by molar-refractivity contribution is 0.286. The number of para-hydroxylation sites is 2. The minimum Gasteiger partial charge on any atom is -0.439 e. The van der Waals surface area contributed by atoms with Gasteiger partial charge in [0.05, 0.1) is 6.54 Å². The fourth-order valence-corrected chi connectivity index (χ4v) is 3.22. The molecule has 0 radical (unpaired) electrons. The third-order valence-corrected chi connectivity index (χ3v) is 4.55. The number of rotatable bonds is 5. The molecule has 5 nitrogen and oxygen atoms in total. The SMILES string of the molecule is Cc1ccc(NCC2CCN(Cc3nc4ccccc4o3)C2)nc1. The number of nitrogens with zero attached hydrogens (tertiary/aromatic N) is 3. The highest BCUT2D eigenvalue weighted by molar-refractivity contribution is 5.72. The number of pyridine rings is 1. The molecule has 24 heavy (non-hydrogen) atoms. The first-order chi connectivity index (χ1) is 11.8. The summed E-state index contributed by atoms with van der Waals surface area (Å²) in [6.07, 6.45) is 3.09. The van der Waals surface area contributed by atoms with Gasteiger partial charge in [-0.1, -0.05) is 18.2 Å². The molecule has 0 bridgehead atoms. The highest BCUT2D eigenvalue weighted by atomic mass is 16.3. The van der Waals surface area contributed by atoms with Gasteiger partial charge < -0.3 is 9.73 Å². The van der Waals surface area contributed by atoms with Crippen LogP contribution in [0.5, 0.6) is 0 Å². The van der Waals surface area contributed by atoms with Crippen LogP contribution in [0.25, 0.3) is 11.1 Å². The lowest BCUT2D eigenvalue weighted by atomic mass is 10.1. The van der Waals surface area contributed by atoms with E-state index in [1.54, 1.807) is 0 Å². The average molecular weight is 322 g/mol. The molecule has 1 unspecified atom stereocenters. The van der Waals surface area contributed by atoms with Crippen LogP contribution in [0.3, 0.4) is 0 Å². The molecule has 124 valence electrons. The van der Waals surface area contributed by atoms with Crippen molar-refractivity contribution in [1.82, 2.24) is 14.9 Å². The monoisotopic (exact) mass is 322 g/mol. The van der Waals surface area contributed by atoms with Crippen molar-refractivity contribution in [3.63, 3.8) is 0 Å². The fourth-order valence-electron chi connectivity index (χ4n) is 3.22. The Morgan fingerprint density at radius 3 is 3.00 bits per heavy atom. The molecule has 1 fully saturated rings. The summed E-state index contributed by atoms with van der Waals surface area (Å²) in [5, 5.41) is 3.44. The van der Waals surface area contributed by atoms with E-state index in [2.05, 4.69) is 33.2 Å². The summed E-state index contributed by atoms with van der Waals surface area (Å²) in [5.41, 5.74) is 3.00. The van der Waals surface area contributed by atoms with Crippen molar-refractivity contribution in [2.75, 3.05) is 25.0 Å². The van der Waals surface area contributed by atoms with Crippen molar-refractivity contribution in [1.29, 1.82) is 0 Å². The van der Waals surface area contributed by atoms with Crippen LogP contribution in [-0.4, -0.2) is 34.5 Å². The van der Waals surface area contributed by atoms with Crippen molar-refractivity contribution in [3.8, 4) is 0 Å². The molecular weight excluding hydrogens is 300 g/mol. The molecule has 1 aliphatic heterocycles. The molecule has 0 spiro atoms. The normalized spacial score (nSPS) is 18.3. The predicted molar refractivity (Wildman–Crippen MR) is 94.9 cm³/mol. The Morgan fingerprint density at radius 2 is 2.17 bits per heavy atom. The molecule has 5 heteroatoms. The molecule has 3 aromatic rings. The minimum atomic E-state index is 0.637. The summed E-state index contributed by atoms with van der Waals surface area (Å²) in [4.78, 5) is 11.4. The number of anilines is 1. The van der Waals surface area contributed by atoms with E-state index < -0.39 is 0 Å². The Kier molecular flexibility index (Phi) is 4.17. The Hall–Kier alpha value is -2.40. The Morgan fingerprint density at radius 1 is 1.25 bits per heavy atom. The zero-order chi connectivity index (χ0) is 16.4. The molecule has 0 amide bonds. The van der Waals surface area contributed by atoms with E-state index in [1.807, 2.05) is 36.5 Å². The number of hydrogen-bond donors (Lipinski definition) is 1. The predicted octanol–water partition coefficient (Wildman–Crippen LogP) is 3.47. The standard InChI is InChI=1S/C19H22N4O/c1-14-6-7-18(20-10-14)21-11-15-8-9-23(12-15)13-19-22-16-4-2-3-5-17(16)24-19/h2-7,10,15H,8-9,11-13H2,1H3,(H,20,21). The van der Waals surface area contributed by atoms with Crippen molar-refractivity contribution in [2.24, 2.45) is 5.92 Å². The van der Waals surface area contributed by atoms with E-state index in [4.69, 9.17) is 4.42 Å². The molecule has 2 aromatic heterocycles. The number of likely N-dealkylation sites (tertiary alicyclic amines) is 1. The number of hydrogen-bond acceptors (Lipinski definition) is 5. The molecule has 1 aliphatic rings. The largest absolute Gasteiger partial charge is 0.439 e. The third kappa shape index (κ3) is 3.41. The molecule has 1 N–H and O–H groups in total. The second-order valence-electron chi connectivity index (χ2n) is 6.57. The zero-order valence-electron chi connectivity index (χ0n) is 13.9. The number of benzene rings is 1. The van der Waals surface area contributed by atoms with E-state index in [9.17, 15) is 0 Å². The summed E-state index contributed by atoms with van der Waals surface area (Å²) < 4.78 is 5.83. The molecule has 4 rings (SSSR count). The van der Waals surface area contributed by atoms with Gasteiger partial charge in [-0.25, -0.2) is 9.97 Å². The van der Waals surface area contributed by atoms with Gasteiger partial charge in [0, 0.05) is 19.3 Å². The first-order valence-corrected chi connectivity index (χ1v) is 8.49. The van der Waals surface area contributed by atoms with Crippen molar-refractivity contribution >= 4 is 16.9 Å². The van der Waals surface area contributed by atoms with E-state index in [0.717, 1.165) is 49.0 Å². The first-order valence-electron chi connectivity index (χ1n) is 8.49. The molecule has 0 aliphatic carbocycles. The van der Waals surface area contributed by atoms with Crippen LogP contribution >= 0.6 is 0 Å². The number of aryl methyl sites for hydroxylation is 1. The van der Waals surface area contributed by atoms with Gasteiger partial charge >= 0.3 is 0 Å². The quantitative estimate of drug-likeness (QED) is 0.779. The number of nitrogens with one attached hydrogen (secondary N) is 1. The number of oxazole rings is 1. The lowest BCUT2D eigenvalue weighted by Gasteiger charge is -2.14. The second-order valence-corrected chi connectivity index (χ2v) is 6.57. The summed E-state index contributed by atoms with van der Waals surface area (Å²) in [6, 6.07) is 12.1. The summed E-state index contributed by atoms with van der Waals surface area (Å²) in [7, 11) is 0. The highest BCUT2D eigenvalue weighted by Crippen LogP contribution is 2.21. The van der Waals surface area contributed by atoms with Gasteiger partial charge in [0.1, 0.15) is 11.3 Å². The van der Waals surface area contributed by atoms with Crippen molar-refractivity contribution < 1.29 is 4.42 Å². The topological polar surface area (TPSA) is 54.2 Å². The van der Waals surface area contributed by atoms with Crippen LogP contribution in [0.15, 0.2) is 47.0 Å². The summed E-state index contributed by atoms with van der Waals surface area (Å²) >= 11 is 0. The van der Waals surface area contributed by atoms with Gasteiger partial charge in [-0.15, -0.1) is 0 Å². The van der Waals surface area contributed by atoms with Crippen LogP contribution in [0.2, 0.25) is 0 Å². The third-order valence-electron chi connectivity index (χ3n) is 4.55. The maximum atomic E-state index is 5.83. The molecule has 0 saturated carbocycles. The van der Waals surface area contributed by atoms with Gasteiger partial charge in [0.15, 0.2) is 5.58 Å². The Balaban J connectivity index is 1.30. The van der Waals surface area contributed by atoms with Gasteiger partial charge in [-0.2, -0.15) is 0 Å². The second kappa shape index (κ2) is 6.61. The molecule has 1 aromatic carbocycles. The zero-order valence-corrected chi connectivity index (χ0v) is 13.9. The van der Waals surface area contributed by atoms with Crippen LogP contribution in [0.4, 0.5) is 5.82 Å². The maximum absolute atomic E-state index is 5.83. The molecule has 1 atom stereocenters. The fraction of sp³-hybridized carbons (Fsp3) is 0.368. The van der Waals surface area contributed by atoms with Gasteiger partial charge in [0.2, 0.25) is 5.89 Å². The summed E-state index contributed by atoms with van der Waals surface area (Å²) in [5.74, 6) is 2.40. The van der Waals surface area contributed by atoms with Gasteiger partial charge in [0.25, 0.3) is 0 Å². The van der Waals surface area contributed by atoms with Crippen LogP contribution in [0.1, 0.15) is 17.9 Å².